The van der Waals surface area contributed by atoms with Crippen LogP contribution in [-0.4, -0.2) is 11.4 Å². The topological polar surface area (TPSA) is 49.7 Å². The minimum Gasteiger partial charge on any atom is -0.487 e. The van der Waals surface area contributed by atoms with Gasteiger partial charge in [-0.05, 0) is 17.7 Å². The molecule has 0 spiro atoms. The van der Waals surface area contributed by atoms with Crippen LogP contribution in [0.2, 0.25) is 0 Å². The van der Waals surface area contributed by atoms with Gasteiger partial charge in [0.15, 0.2) is 11.5 Å². The number of aryl methyl sites for hydroxylation is 1. The number of hydrogen-bond donors (Lipinski definition) is 0. The molecule has 134 valence electrons. The third-order valence-corrected chi connectivity index (χ3v) is 4.89. The first-order chi connectivity index (χ1) is 13.2. The van der Waals surface area contributed by atoms with Crippen molar-refractivity contribution < 1.29 is 14.2 Å². The summed E-state index contributed by atoms with van der Waals surface area (Å²) in [7, 11) is 1.88. The number of hydrogen-bond acceptors (Lipinski definition) is 4. The molecule has 1 aliphatic heterocycles. The van der Waals surface area contributed by atoms with Crippen molar-refractivity contribution in [3.8, 4) is 17.2 Å². The van der Waals surface area contributed by atoms with E-state index in [0.717, 1.165) is 27.6 Å². The molecule has 0 N–H and O–H groups in total. The van der Waals surface area contributed by atoms with Crippen molar-refractivity contribution in [3.63, 3.8) is 0 Å². The minimum absolute atomic E-state index is 0.107. The standard InChI is InChI=1S/C22H17NO4/c1-23-21-16(10-19-20(11-17(21)24)27-13-26-19)15-8-5-9-18(22(15)23)25-12-14-6-3-2-4-7-14/h2-11H,12-13H2,1H3. The molecule has 0 unspecified atom stereocenters. The van der Waals surface area contributed by atoms with E-state index in [-0.39, 0.29) is 12.2 Å². The Balaban J connectivity index is 1.71. The van der Waals surface area contributed by atoms with Crippen LogP contribution in [0.3, 0.4) is 0 Å². The van der Waals surface area contributed by atoms with Gasteiger partial charge < -0.3 is 18.8 Å². The zero-order valence-corrected chi connectivity index (χ0v) is 14.8. The Morgan fingerprint density at radius 3 is 2.52 bits per heavy atom. The Labute approximate surface area is 155 Å². The predicted molar refractivity (Wildman–Crippen MR) is 104 cm³/mol. The van der Waals surface area contributed by atoms with E-state index in [2.05, 4.69) is 0 Å². The largest absolute Gasteiger partial charge is 0.487 e. The molecule has 27 heavy (non-hydrogen) atoms. The number of fused-ring (bicyclic) bond motifs is 4. The Bertz CT molecular complexity index is 1230. The quantitative estimate of drug-likeness (QED) is 0.555. The van der Waals surface area contributed by atoms with Gasteiger partial charge in [-0.3, -0.25) is 4.79 Å². The third-order valence-electron chi connectivity index (χ3n) is 4.89. The fourth-order valence-electron chi connectivity index (χ4n) is 3.64. The summed E-state index contributed by atoms with van der Waals surface area (Å²) in [6.07, 6.45) is 0. The average molecular weight is 359 g/mol. The number of aromatic nitrogens is 1. The SMILES string of the molecule is Cn1c2c(OCc3ccccc3)cccc2c2cc3c(cc(=O)c21)OCO3. The van der Waals surface area contributed by atoms with Crippen molar-refractivity contribution in [1.29, 1.82) is 0 Å². The molecule has 5 nitrogen and oxygen atoms in total. The molecule has 3 aromatic carbocycles. The first-order valence-electron chi connectivity index (χ1n) is 8.74. The Kier molecular flexibility index (Phi) is 3.53. The highest BCUT2D eigenvalue weighted by Crippen LogP contribution is 2.37. The van der Waals surface area contributed by atoms with Gasteiger partial charge in [-0.25, -0.2) is 0 Å². The summed E-state index contributed by atoms with van der Waals surface area (Å²) < 4.78 is 18.9. The maximum absolute atomic E-state index is 12.8. The van der Waals surface area contributed by atoms with Crippen molar-refractivity contribution in [3.05, 3.63) is 76.5 Å². The van der Waals surface area contributed by atoms with E-state index in [1.165, 1.54) is 6.07 Å². The van der Waals surface area contributed by atoms with Gasteiger partial charge in [0.2, 0.25) is 12.2 Å². The highest BCUT2D eigenvalue weighted by atomic mass is 16.7. The maximum Gasteiger partial charge on any atom is 0.231 e. The molecule has 0 amide bonds. The molecule has 0 saturated carbocycles. The normalized spacial score (nSPS) is 12.6. The lowest BCUT2D eigenvalue weighted by atomic mass is 10.2. The van der Waals surface area contributed by atoms with Crippen LogP contribution in [0, 0.1) is 0 Å². The summed E-state index contributed by atoms with van der Waals surface area (Å²) >= 11 is 0. The third kappa shape index (κ3) is 2.51. The van der Waals surface area contributed by atoms with E-state index in [1.54, 1.807) is 0 Å². The summed E-state index contributed by atoms with van der Waals surface area (Å²) in [6, 6.07) is 19.2. The lowest BCUT2D eigenvalue weighted by Gasteiger charge is -2.09. The van der Waals surface area contributed by atoms with Gasteiger partial charge >= 0.3 is 0 Å². The minimum atomic E-state index is -0.107. The summed E-state index contributed by atoms with van der Waals surface area (Å²) in [5.74, 6) is 1.82. The second-order valence-electron chi connectivity index (χ2n) is 6.54. The van der Waals surface area contributed by atoms with Crippen LogP contribution in [0.1, 0.15) is 5.56 Å². The zero-order valence-electron chi connectivity index (χ0n) is 14.8. The molecule has 0 aliphatic carbocycles. The van der Waals surface area contributed by atoms with Gasteiger partial charge in [0.1, 0.15) is 12.4 Å². The van der Waals surface area contributed by atoms with Crippen LogP contribution in [0.25, 0.3) is 21.8 Å². The molecule has 5 heteroatoms. The van der Waals surface area contributed by atoms with Crippen molar-refractivity contribution in [1.82, 2.24) is 4.57 Å². The molecule has 5 rings (SSSR count). The average Bonchev–Trinajstić information content (AvgIpc) is 3.20. The van der Waals surface area contributed by atoms with Gasteiger partial charge in [0, 0.05) is 23.9 Å². The number of ether oxygens (including phenoxy) is 3. The van der Waals surface area contributed by atoms with Crippen LogP contribution in [0.4, 0.5) is 0 Å². The molecule has 0 fully saturated rings. The molecular weight excluding hydrogens is 342 g/mol. The van der Waals surface area contributed by atoms with Gasteiger partial charge in [-0.15, -0.1) is 0 Å². The Hall–Kier alpha value is -3.47. The van der Waals surface area contributed by atoms with E-state index in [1.807, 2.05) is 66.2 Å². The molecule has 0 bridgehead atoms. The molecule has 2 heterocycles. The molecule has 0 atom stereocenters. The van der Waals surface area contributed by atoms with Crippen molar-refractivity contribution >= 4 is 21.8 Å². The van der Waals surface area contributed by atoms with E-state index in [4.69, 9.17) is 14.2 Å². The van der Waals surface area contributed by atoms with Crippen LogP contribution >= 0.6 is 0 Å². The molecule has 1 aliphatic rings. The van der Waals surface area contributed by atoms with Crippen molar-refractivity contribution in [2.24, 2.45) is 7.05 Å². The molecule has 0 saturated heterocycles. The molecule has 0 radical (unpaired) electrons. The number of nitrogens with zero attached hydrogens (tertiary/aromatic N) is 1. The number of benzene rings is 2. The smallest absolute Gasteiger partial charge is 0.231 e. The first kappa shape index (κ1) is 15.8. The molecule has 1 aromatic heterocycles. The van der Waals surface area contributed by atoms with Crippen LogP contribution in [0.5, 0.6) is 17.2 Å². The highest BCUT2D eigenvalue weighted by Gasteiger charge is 2.19. The lowest BCUT2D eigenvalue weighted by Crippen LogP contribution is -2.03. The summed E-state index contributed by atoms with van der Waals surface area (Å²) in [6.45, 7) is 0.600. The van der Waals surface area contributed by atoms with Crippen LogP contribution < -0.4 is 19.6 Å². The fraction of sp³-hybridized carbons (Fsp3) is 0.136. The van der Waals surface area contributed by atoms with Gasteiger partial charge in [-0.2, -0.15) is 0 Å². The predicted octanol–water partition coefficient (Wildman–Crippen LogP) is 4.00. The van der Waals surface area contributed by atoms with Crippen LogP contribution in [-0.2, 0) is 13.7 Å². The Morgan fingerprint density at radius 1 is 0.926 bits per heavy atom. The van der Waals surface area contributed by atoms with Crippen LogP contribution in [0.15, 0.2) is 65.5 Å². The molecular formula is C22H17NO4. The summed E-state index contributed by atoms with van der Waals surface area (Å²) in [5, 5.41) is 1.78. The maximum atomic E-state index is 12.8. The highest BCUT2D eigenvalue weighted by molar-refractivity contribution is 6.10. The second kappa shape index (κ2) is 6.06. The van der Waals surface area contributed by atoms with E-state index >= 15 is 0 Å². The fourth-order valence-corrected chi connectivity index (χ4v) is 3.64. The second-order valence-corrected chi connectivity index (χ2v) is 6.54. The zero-order chi connectivity index (χ0) is 18.4. The van der Waals surface area contributed by atoms with Gasteiger partial charge in [-0.1, -0.05) is 42.5 Å². The van der Waals surface area contributed by atoms with E-state index in [9.17, 15) is 4.79 Å². The monoisotopic (exact) mass is 359 g/mol. The van der Waals surface area contributed by atoms with Gasteiger partial charge in [0.05, 0.1) is 11.0 Å². The van der Waals surface area contributed by atoms with E-state index < -0.39 is 0 Å². The van der Waals surface area contributed by atoms with Crippen molar-refractivity contribution in [2.75, 3.05) is 6.79 Å². The number of rotatable bonds is 3. The Morgan fingerprint density at radius 2 is 1.70 bits per heavy atom. The van der Waals surface area contributed by atoms with Gasteiger partial charge in [0.25, 0.3) is 0 Å². The summed E-state index contributed by atoms with van der Waals surface area (Å²) in [5.41, 5.74) is 2.47. The first-order valence-corrected chi connectivity index (χ1v) is 8.74. The van der Waals surface area contributed by atoms with Crippen molar-refractivity contribution in [2.45, 2.75) is 6.61 Å². The van der Waals surface area contributed by atoms with E-state index in [0.29, 0.717) is 23.6 Å². The lowest BCUT2D eigenvalue weighted by molar-refractivity contribution is 0.173. The number of para-hydroxylation sites is 1. The molecule has 4 aromatic rings. The summed E-state index contributed by atoms with van der Waals surface area (Å²) in [4.78, 5) is 12.8.